The Morgan fingerprint density at radius 1 is 1.20 bits per heavy atom. The van der Waals surface area contributed by atoms with E-state index in [9.17, 15) is 9.90 Å². The van der Waals surface area contributed by atoms with Crippen LogP contribution in [0.25, 0.3) is 11.3 Å². The summed E-state index contributed by atoms with van der Waals surface area (Å²) in [6, 6.07) is 10.0. The van der Waals surface area contributed by atoms with E-state index in [2.05, 4.69) is 4.98 Å². The summed E-state index contributed by atoms with van der Waals surface area (Å²) in [4.78, 5) is 15.9. The van der Waals surface area contributed by atoms with Crippen LogP contribution < -0.4 is 0 Å². The molecule has 1 aliphatic rings. The van der Waals surface area contributed by atoms with E-state index in [4.69, 9.17) is 0 Å². The quantitative estimate of drug-likeness (QED) is 0.943. The Morgan fingerprint density at radius 2 is 1.90 bits per heavy atom. The molecule has 2 aromatic rings. The number of thiazole rings is 1. The average Bonchev–Trinajstić information content (AvgIpc) is 2.92. The van der Waals surface area contributed by atoms with E-state index in [1.54, 1.807) is 11.3 Å². The van der Waals surface area contributed by atoms with Crippen molar-refractivity contribution in [3.05, 3.63) is 40.7 Å². The van der Waals surface area contributed by atoms with Gasteiger partial charge in [0.15, 0.2) is 0 Å². The highest BCUT2D eigenvalue weighted by molar-refractivity contribution is 7.09. The van der Waals surface area contributed by atoms with Crippen molar-refractivity contribution in [1.29, 1.82) is 0 Å². The van der Waals surface area contributed by atoms with E-state index in [0.29, 0.717) is 32.1 Å². The molecule has 1 aliphatic carbocycles. The van der Waals surface area contributed by atoms with Gasteiger partial charge in [-0.05, 0) is 12.8 Å². The number of aliphatic hydroxyl groups is 1. The smallest absolute Gasteiger partial charge is 0.133 e. The molecule has 1 fully saturated rings. The largest absolute Gasteiger partial charge is 0.389 e. The predicted molar refractivity (Wildman–Crippen MR) is 79.7 cm³/mol. The predicted octanol–water partition coefficient (Wildman–Crippen LogP) is 3.23. The highest BCUT2D eigenvalue weighted by Gasteiger charge is 2.33. The maximum Gasteiger partial charge on any atom is 0.133 e. The zero-order valence-electron chi connectivity index (χ0n) is 11.2. The van der Waals surface area contributed by atoms with E-state index in [-0.39, 0.29) is 5.78 Å². The summed E-state index contributed by atoms with van der Waals surface area (Å²) >= 11 is 1.58. The Morgan fingerprint density at radius 3 is 2.60 bits per heavy atom. The number of carbonyl (C=O) groups is 1. The molecule has 1 N–H and O–H groups in total. The van der Waals surface area contributed by atoms with Crippen LogP contribution in [-0.4, -0.2) is 21.5 Å². The molecule has 3 nitrogen and oxygen atoms in total. The fourth-order valence-corrected chi connectivity index (χ4v) is 3.53. The number of benzene rings is 1. The van der Waals surface area contributed by atoms with Crippen LogP contribution in [-0.2, 0) is 11.2 Å². The molecule has 3 rings (SSSR count). The van der Waals surface area contributed by atoms with E-state index < -0.39 is 5.60 Å². The SMILES string of the molecule is O=C1CCC(O)(Cc2nc(-c3ccccc3)cs2)CC1. The van der Waals surface area contributed by atoms with Crippen LogP contribution in [0.2, 0.25) is 0 Å². The highest BCUT2D eigenvalue weighted by atomic mass is 32.1. The Bertz CT molecular complexity index is 596. The first-order valence-electron chi connectivity index (χ1n) is 6.89. The first-order chi connectivity index (χ1) is 9.65. The minimum Gasteiger partial charge on any atom is -0.389 e. The normalized spacial score (nSPS) is 18.1. The highest BCUT2D eigenvalue weighted by Crippen LogP contribution is 2.31. The molecule has 0 spiro atoms. The molecule has 0 unspecified atom stereocenters. The molecule has 0 amide bonds. The molecule has 1 aromatic heterocycles. The zero-order valence-corrected chi connectivity index (χ0v) is 12.0. The van der Waals surface area contributed by atoms with Gasteiger partial charge in [-0.2, -0.15) is 0 Å². The number of nitrogens with zero attached hydrogens (tertiary/aromatic N) is 1. The first-order valence-corrected chi connectivity index (χ1v) is 7.77. The molecule has 4 heteroatoms. The monoisotopic (exact) mass is 287 g/mol. The summed E-state index contributed by atoms with van der Waals surface area (Å²) < 4.78 is 0. The van der Waals surface area contributed by atoms with Gasteiger partial charge >= 0.3 is 0 Å². The van der Waals surface area contributed by atoms with Gasteiger partial charge in [-0.25, -0.2) is 4.98 Å². The van der Waals surface area contributed by atoms with Crippen molar-refractivity contribution in [2.75, 3.05) is 0 Å². The standard InChI is InChI=1S/C16H17NO2S/c18-13-6-8-16(19,9-7-13)10-15-17-14(11-20-15)12-4-2-1-3-5-12/h1-5,11,19H,6-10H2. The lowest BCUT2D eigenvalue weighted by molar-refractivity contribution is -0.125. The molecule has 0 aliphatic heterocycles. The molecular formula is C16H17NO2S. The van der Waals surface area contributed by atoms with Gasteiger partial charge in [0.25, 0.3) is 0 Å². The minimum absolute atomic E-state index is 0.263. The van der Waals surface area contributed by atoms with Gasteiger partial charge in [-0.3, -0.25) is 4.79 Å². The van der Waals surface area contributed by atoms with Crippen molar-refractivity contribution in [3.8, 4) is 11.3 Å². The summed E-state index contributed by atoms with van der Waals surface area (Å²) in [5, 5.41) is 13.5. The van der Waals surface area contributed by atoms with Gasteiger partial charge in [0.05, 0.1) is 16.3 Å². The van der Waals surface area contributed by atoms with E-state index in [1.807, 2.05) is 35.7 Å². The molecule has 104 valence electrons. The summed E-state index contributed by atoms with van der Waals surface area (Å²) in [7, 11) is 0. The molecule has 1 heterocycles. The molecule has 0 saturated heterocycles. The van der Waals surface area contributed by atoms with Crippen molar-refractivity contribution in [2.45, 2.75) is 37.7 Å². The molecule has 0 bridgehead atoms. The van der Waals surface area contributed by atoms with Gasteiger partial charge in [0.1, 0.15) is 5.78 Å². The average molecular weight is 287 g/mol. The Balaban J connectivity index is 1.73. The lowest BCUT2D eigenvalue weighted by atomic mass is 9.82. The maximum absolute atomic E-state index is 11.3. The lowest BCUT2D eigenvalue weighted by Crippen LogP contribution is -2.36. The number of carbonyl (C=O) groups excluding carboxylic acids is 1. The molecule has 0 radical (unpaired) electrons. The van der Waals surface area contributed by atoms with Crippen molar-refractivity contribution in [3.63, 3.8) is 0 Å². The molecule has 1 aromatic carbocycles. The summed E-state index contributed by atoms with van der Waals surface area (Å²) in [6.45, 7) is 0. The van der Waals surface area contributed by atoms with Gasteiger partial charge in [0, 0.05) is 30.2 Å². The second kappa shape index (κ2) is 5.46. The number of ketones is 1. The van der Waals surface area contributed by atoms with Gasteiger partial charge in [-0.15, -0.1) is 11.3 Å². The van der Waals surface area contributed by atoms with Crippen LogP contribution in [0.3, 0.4) is 0 Å². The van der Waals surface area contributed by atoms with Gasteiger partial charge < -0.3 is 5.11 Å². The minimum atomic E-state index is -0.750. The van der Waals surface area contributed by atoms with Crippen molar-refractivity contribution < 1.29 is 9.90 Å². The fraction of sp³-hybridized carbons (Fsp3) is 0.375. The van der Waals surface area contributed by atoms with Gasteiger partial charge in [-0.1, -0.05) is 30.3 Å². The lowest BCUT2D eigenvalue weighted by Gasteiger charge is -2.30. The summed E-state index contributed by atoms with van der Waals surface area (Å²) in [6.07, 6.45) is 2.66. The third-order valence-electron chi connectivity index (χ3n) is 3.84. The number of hydrogen-bond donors (Lipinski definition) is 1. The maximum atomic E-state index is 11.3. The van der Waals surface area contributed by atoms with Crippen LogP contribution in [0, 0.1) is 0 Å². The summed E-state index contributed by atoms with van der Waals surface area (Å²) in [5.41, 5.74) is 1.31. The fourth-order valence-electron chi connectivity index (χ4n) is 2.59. The molecule has 0 atom stereocenters. The van der Waals surface area contributed by atoms with Crippen molar-refractivity contribution in [2.24, 2.45) is 0 Å². The van der Waals surface area contributed by atoms with Crippen LogP contribution >= 0.6 is 11.3 Å². The summed E-state index contributed by atoms with van der Waals surface area (Å²) in [5.74, 6) is 0.263. The van der Waals surface area contributed by atoms with Crippen molar-refractivity contribution >= 4 is 17.1 Å². The Hall–Kier alpha value is -1.52. The van der Waals surface area contributed by atoms with Gasteiger partial charge in [0.2, 0.25) is 0 Å². The molecule has 1 saturated carbocycles. The molecular weight excluding hydrogens is 270 g/mol. The second-order valence-corrected chi connectivity index (χ2v) is 6.37. The second-order valence-electron chi connectivity index (χ2n) is 5.43. The Labute approximate surface area is 122 Å². The van der Waals surface area contributed by atoms with Crippen LogP contribution in [0.5, 0.6) is 0 Å². The Kier molecular flexibility index (Phi) is 3.68. The number of rotatable bonds is 3. The topological polar surface area (TPSA) is 50.2 Å². The van der Waals surface area contributed by atoms with E-state index in [0.717, 1.165) is 16.3 Å². The molecule has 20 heavy (non-hydrogen) atoms. The zero-order chi connectivity index (χ0) is 14.0. The first kappa shape index (κ1) is 13.5. The third kappa shape index (κ3) is 2.97. The number of hydrogen-bond acceptors (Lipinski definition) is 4. The van der Waals surface area contributed by atoms with E-state index >= 15 is 0 Å². The van der Waals surface area contributed by atoms with Crippen LogP contribution in [0.4, 0.5) is 0 Å². The third-order valence-corrected chi connectivity index (χ3v) is 4.69. The van der Waals surface area contributed by atoms with E-state index in [1.165, 1.54) is 0 Å². The number of Topliss-reactive ketones (excluding diaryl/α,β-unsaturated/α-hetero) is 1. The van der Waals surface area contributed by atoms with Crippen molar-refractivity contribution in [1.82, 2.24) is 4.98 Å². The van der Waals surface area contributed by atoms with Crippen LogP contribution in [0.15, 0.2) is 35.7 Å². The van der Waals surface area contributed by atoms with Crippen LogP contribution in [0.1, 0.15) is 30.7 Å². The number of aromatic nitrogens is 1.